The maximum atomic E-state index is 12.0. The van der Waals surface area contributed by atoms with Gasteiger partial charge in [-0.3, -0.25) is 4.79 Å². The summed E-state index contributed by atoms with van der Waals surface area (Å²) in [5.74, 6) is -0.944. The van der Waals surface area contributed by atoms with Gasteiger partial charge in [0.25, 0.3) is 0 Å². The first-order chi connectivity index (χ1) is 9.41. The fourth-order valence-electron chi connectivity index (χ4n) is 1.44. The summed E-state index contributed by atoms with van der Waals surface area (Å²) in [4.78, 5) is 24.6. The van der Waals surface area contributed by atoms with Gasteiger partial charge < -0.3 is 20.1 Å². The van der Waals surface area contributed by atoms with E-state index in [4.69, 9.17) is 15.1 Å². The SMILES string of the molecule is CCC(C)(CNC(=O)N(CCC#N)CCOC)C(=O)O. The molecule has 0 radical (unpaired) electrons. The van der Waals surface area contributed by atoms with Gasteiger partial charge in [-0.2, -0.15) is 5.26 Å². The van der Waals surface area contributed by atoms with Gasteiger partial charge in [0.15, 0.2) is 0 Å². The van der Waals surface area contributed by atoms with Gasteiger partial charge in [-0.05, 0) is 13.3 Å². The van der Waals surface area contributed by atoms with Crippen LogP contribution in [0, 0.1) is 16.7 Å². The molecule has 0 spiro atoms. The number of carboxylic acids is 1. The monoisotopic (exact) mass is 285 g/mol. The van der Waals surface area contributed by atoms with E-state index in [9.17, 15) is 9.59 Å². The second-order valence-electron chi connectivity index (χ2n) is 4.77. The third kappa shape index (κ3) is 5.89. The first-order valence-electron chi connectivity index (χ1n) is 6.53. The van der Waals surface area contributed by atoms with Crippen molar-refractivity contribution < 1.29 is 19.4 Å². The summed E-state index contributed by atoms with van der Waals surface area (Å²) in [5.41, 5.74) is -0.988. The Morgan fingerprint density at radius 3 is 2.55 bits per heavy atom. The number of carbonyl (C=O) groups excluding carboxylic acids is 1. The van der Waals surface area contributed by atoms with E-state index in [1.54, 1.807) is 13.8 Å². The number of nitriles is 1. The van der Waals surface area contributed by atoms with Gasteiger partial charge >= 0.3 is 12.0 Å². The van der Waals surface area contributed by atoms with Gasteiger partial charge in [-0.25, -0.2) is 4.79 Å². The molecule has 2 amide bonds. The fraction of sp³-hybridized carbons (Fsp3) is 0.769. The zero-order valence-electron chi connectivity index (χ0n) is 12.3. The quantitative estimate of drug-likeness (QED) is 0.659. The highest BCUT2D eigenvalue weighted by Crippen LogP contribution is 2.19. The number of nitrogens with zero attached hydrogens (tertiary/aromatic N) is 2. The van der Waals surface area contributed by atoms with E-state index in [1.807, 2.05) is 6.07 Å². The third-order valence-electron chi connectivity index (χ3n) is 3.27. The lowest BCUT2D eigenvalue weighted by Crippen LogP contribution is -2.47. The summed E-state index contributed by atoms with van der Waals surface area (Å²) >= 11 is 0. The van der Waals surface area contributed by atoms with Crippen LogP contribution in [-0.4, -0.2) is 55.4 Å². The number of methoxy groups -OCH3 is 1. The van der Waals surface area contributed by atoms with Crippen LogP contribution in [0.5, 0.6) is 0 Å². The lowest BCUT2D eigenvalue weighted by Gasteiger charge is -2.27. The average molecular weight is 285 g/mol. The van der Waals surface area contributed by atoms with Crippen molar-refractivity contribution in [2.75, 3.05) is 33.4 Å². The van der Waals surface area contributed by atoms with Crippen molar-refractivity contribution in [3.05, 3.63) is 0 Å². The Bertz CT molecular complexity index is 367. The molecule has 7 nitrogen and oxygen atoms in total. The summed E-state index contributed by atoms with van der Waals surface area (Å²) in [6.07, 6.45) is 0.639. The molecule has 1 atom stereocenters. The van der Waals surface area contributed by atoms with Crippen LogP contribution in [0.3, 0.4) is 0 Å². The Balaban J connectivity index is 4.51. The Morgan fingerprint density at radius 1 is 1.45 bits per heavy atom. The van der Waals surface area contributed by atoms with Gasteiger partial charge in [0.1, 0.15) is 0 Å². The first-order valence-corrected chi connectivity index (χ1v) is 6.53. The smallest absolute Gasteiger partial charge is 0.317 e. The van der Waals surface area contributed by atoms with Crippen LogP contribution in [0.2, 0.25) is 0 Å². The fourth-order valence-corrected chi connectivity index (χ4v) is 1.44. The Kier molecular flexibility index (Phi) is 8.32. The largest absolute Gasteiger partial charge is 0.481 e. The van der Waals surface area contributed by atoms with Gasteiger partial charge in [0.2, 0.25) is 0 Å². The van der Waals surface area contributed by atoms with Gasteiger partial charge in [0.05, 0.1) is 24.5 Å². The summed E-state index contributed by atoms with van der Waals surface area (Å²) in [5, 5.41) is 20.3. The van der Waals surface area contributed by atoms with Crippen LogP contribution in [-0.2, 0) is 9.53 Å². The highest BCUT2D eigenvalue weighted by Gasteiger charge is 2.31. The molecule has 0 saturated carbocycles. The highest BCUT2D eigenvalue weighted by molar-refractivity contribution is 5.77. The molecule has 0 fully saturated rings. The zero-order valence-corrected chi connectivity index (χ0v) is 12.3. The predicted molar refractivity (Wildman–Crippen MR) is 73.1 cm³/mol. The average Bonchev–Trinajstić information content (AvgIpc) is 2.44. The normalized spacial score (nSPS) is 13.1. The zero-order chi connectivity index (χ0) is 15.6. The van der Waals surface area contributed by atoms with Crippen molar-refractivity contribution in [2.24, 2.45) is 5.41 Å². The molecule has 0 saturated heterocycles. The molecule has 0 bridgehead atoms. The topological polar surface area (TPSA) is 103 Å². The molecule has 7 heteroatoms. The van der Waals surface area contributed by atoms with Crippen LogP contribution in [0.15, 0.2) is 0 Å². The maximum absolute atomic E-state index is 12.0. The van der Waals surface area contributed by atoms with Crippen molar-refractivity contribution in [1.29, 1.82) is 5.26 Å². The predicted octanol–water partition coefficient (Wildman–Crippen LogP) is 1.06. The van der Waals surface area contributed by atoms with E-state index in [0.29, 0.717) is 26.1 Å². The molecule has 0 aromatic heterocycles. The van der Waals surface area contributed by atoms with E-state index in [1.165, 1.54) is 12.0 Å². The first kappa shape index (κ1) is 18.2. The molecule has 0 aliphatic rings. The molecule has 0 aliphatic carbocycles. The second kappa shape index (κ2) is 9.15. The summed E-state index contributed by atoms with van der Waals surface area (Å²) in [6.45, 7) is 4.42. The van der Waals surface area contributed by atoms with Crippen LogP contribution >= 0.6 is 0 Å². The second-order valence-corrected chi connectivity index (χ2v) is 4.77. The highest BCUT2D eigenvalue weighted by atomic mass is 16.5. The summed E-state index contributed by atoms with van der Waals surface area (Å²) in [6, 6.07) is 1.60. The molecule has 0 rings (SSSR count). The molecular weight excluding hydrogens is 262 g/mol. The summed E-state index contributed by atoms with van der Waals surface area (Å²) < 4.78 is 4.91. The number of hydrogen-bond donors (Lipinski definition) is 2. The van der Waals surface area contributed by atoms with E-state index in [2.05, 4.69) is 5.32 Å². The molecule has 1 unspecified atom stereocenters. The van der Waals surface area contributed by atoms with Crippen LogP contribution in [0.1, 0.15) is 26.7 Å². The molecule has 20 heavy (non-hydrogen) atoms. The van der Waals surface area contributed by atoms with Crippen LogP contribution < -0.4 is 5.32 Å². The van der Waals surface area contributed by atoms with Gasteiger partial charge in [0, 0.05) is 26.7 Å². The minimum absolute atomic E-state index is 0.0493. The molecule has 0 aliphatic heterocycles. The standard InChI is InChI=1S/C13H23N3O4/c1-4-13(2,11(17)18)10-15-12(19)16(7-5-6-14)8-9-20-3/h4-5,7-10H2,1-3H3,(H,15,19)(H,17,18). The number of carboxylic acid groups (broad SMARTS) is 1. The number of ether oxygens (including phenoxy) is 1. The van der Waals surface area contributed by atoms with Crippen LogP contribution in [0.25, 0.3) is 0 Å². The lowest BCUT2D eigenvalue weighted by atomic mass is 9.88. The third-order valence-corrected chi connectivity index (χ3v) is 3.27. The molecule has 2 N–H and O–H groups in total. The molecule has 0 aromatic rings. The van der Waals surface area contributed by atoms with E-state index in [0.717, 1.165) is 0 Å². The van der Waals surface area contributed by atoms with Crippen molar-refractivity contribution in [3.63, 3.8) is 0 Å². The number of carbonyl (C=O) groups is 2. The van der Waals surface area contributed by atoms with Gasteiger partial charge in [-0.1, -0.05) is 6.92 Å². The molecule has 114 valence electrons. The molecule has 0 heterocycles. The van der Waals surface area contributed by atoms with Crippen molar-refractivity contribution in [2.45, 2.75) is 26.7 Å². The van der Waals surface area contributed by atoms with Crippen LogP contribution in [0.4, 0.5) is 4.79 Å². The minimum atomic E-state index is -0.988. The Morgan fingerprint density at radius 2 is 2.10 bits per heavy atom. The van der Waals surface area contributed by atoms with E-state index >= 15 is 0 Å². The number of aliphatic carboxylic acids is 1. The number of rotatable bonds is 9. The van der Waals surface area contributed by atoms with Gasteiger partial charge in [-0.15, -0.1) is 0 Å². The van der Waals surface area contributed by atoms with E-state index < -0.39 is 11.4 Å². The van der Waals surface area contributed by atoms with Crippen molar-refractivity contribution >= 4 is 12.0 Å². The van der Waals surface area contributed by atoms with Crippen molar-refractivity contribution in [1.82, 2.24) is 10.2 Å². The van der Waals surface area contributed by atoms with Crippen molar-refractivity contribution in [3.8, 4) is 6.07 Å². The Hall–Kier alpha value is -1.81. The number of hydrogen-bond acceptors (Lipinski definition) is 4. The number of amides is 2. The molecule has 0 aromatic carbocycles. The number of nitrogens with one attached hydrogen (secondary N) is 1. The van der Waals surface area contributed by atoms with E-state index in [-0.39, 0.29) is 19.0 Å². The number of urea groups is 1. The molecular formula is C13H23N3O4. The lowest BCUT2D eigenvalue weighted by molar-refractivity contribution is -0.147. The Labute approximate surface area is 119 Å². The minimum Gasteiger partial charge on any atom is -0.481 e. The maximum Gasteiger partial charge on any atom is 0.317 e. The summed E-state index contributed by atoms with van der Waals surface area (Å²) in [7, 11) is 1.53.